The summed E-state index contributed by atoms with van der Waals surface area (Å²) in [6, 6.07) is 74.2. The third kappa shape index (κ3) is 10.7. The minimum atomic E-state index is -0.387. The molecule has 3 heterocycles. The summed E-state index contributed by atoms with van der Waals surface area (Å²) in [6.45, 7) is 37.0. The SMILES string of the molecule is CC(C)(C)c1cc(Oc2[c-]c3c(cc2)c2ccccc2n3-c2cc(C(C)(C)C)ccn2)[c-]c(N2[CH-]N(c3cc(C(C)(C)C)cc(C(C)(C)c4ccccc4)c3)c3cc(C(C)(C)c4ccccc4)c(C(C)(C)c4ccccc4)cc32)c1.[Pt]. The number of aromatic nitrogens is 2. The predicted octanol–water partition coefficient (Wildman–Crippen LogP) is 19.8. The Morgan fingerprint density at radius 2 is 0.914 bits per heavy atom. The van der Waals surface area contributed by atoms with Crippen LogP contribution in [0.1, 0.15) is 154 Å². The summed E-state index contributed by atoms with van der Waals surface area (Å²) in [5, 5.41) is 2.22. The van der Waals surface area contributed by atoms with Crippen molar-refractivity contribution in [2.24, 2.45) is 0 Å². The fraction of sp³-hybridized carbons (Fsp3) is 0.280. The number of anilines is 4. The van der Waals surface area contributed by atoms with Crippen LogP contribution in [0.15, 0.2) is 188 Å². The largest absolute Gasteiger partial charge is 0.509 e. The molecule has 5 nitrogen and oxygen atoms in total. The summed E-state index contributed by atoms with van der Waals surface area (Å²) in [6.07, 6.45) is 1.92. The smallest absolute Gasteiger partial charge is 0.135 e. The van der Waals surface area contributed by atoms with Gasteiger partial charge in [0, 0.05) is 77.6 Å². The second kappa shape index (κ2) is 21.0. The van der Waals surface area contributed by atoms with E-state index < -0.39 is 0 Å². The zero-order valence-corrected chi connectivity index (χ0v) is 52.3. The Morgan fingerprint density at radius 3 is 1.48 bits per heavy atom. The number of nitrogens with zero attached hydrogens (tertiary/aromatic N) is 4. The molecule has 416 valence electrons. The molecule has 0 amide bonds. The van der Waals surface area contributed by atoms with Crippen molar-refractivity contribution < 1.29 is 25.8 Å². The van der Waals surface area contributed by atoms with Crippen LogP contribution in [0.2, 0.25) is 0 Å². The molecule has 0 saturated carbocycles. The van der Waals surface area contributed by atoms with E-state index in [1.54, 1.807) is 0 Å². The van der Waals surface area contributed by atoms with Crippen LogP contribution >= 0.6 is 0 Å². The van der Waals surface area contributed by atoms with Crippen molar-refractivity contribution in [2.75, 3.05) is 9.80 Å². The van der Waals surface area contributed by atoms with Gasteiger partial charge in [-0.1, -0.05) is 225 Å². The molecule has 1 aliphatic rings. The summed E-state index contributed by atoms with van der Waals surface area (Å²) in [4.78, 5) is 9.74. The molecule has 81 heavy (non-hydrogen) atoms. The van der Waals surface area contributed by atoms with E-state index >= 15 is 0 Å². The van der Waals surface area contributed by atoms with Gasteiger partial charge in [0.05, 0.1) is 0 Å². The number of fused-ring (bicyclic) bond motifs is 4. The van der Waals surface area contributed by atoms with Crippen LogP contribution in [0.25, 0.3) is 27.6 Å². The average Bonchev–Trinajstić information content (AvgIpc) is 4.00. The second-order valence-electron chi connectivity index (χ2n) is 26.8. The standard InChI is InChI=1S/C75H77N4O.Pt/c1-70(2,3)53-37-38-76-69(44-53)79-65-34-26-25-33-61(65)62-36-35-59(46-66(62)79)80-60-43-55(72(7,8)9)41-58(45-60)78-49-77(57-40-54(71(4,5)6)39-56(42-57)73(10,11)50-27-19-16-20-28-50)67-47-63(74(12,13)51-29-21-17-22-30-51)64(48-68(67)78)75(14,15)52-31-23-18-24-32-52;/h16-44,47-49H,1-15H3;/q-3;. The summed E-state index contributed by atoms with van der Waals surface area (Å²) in [5.41, 5.74) is 15.8. The normalized spacial score (nSPS) is 13.4. The van der Waals surface area contributed by atoms with Gasteiger partial charge in [-0.3, -0.25) is 0 Å². The minimum absolute atomic E-state index is 0. The molecule has 0 unspecified atom stereocenters. The second-order valence-corrected chi connectivity index (χ2v) is 26.8. The van der Waals surface area contributed by atoms with Gasteiger partial charge < -0.3 is 19.1 Å². The first-order chi connectivity index (χ1) is 37.8. The van der Waals surface area contributed by atoms with Gasteiger partial charge in [0.1, 0.15) is 5.82 Å². The van der Waals surface area contributed by atoms with Gasteiger partial charge in [-0.05, 0) is 109 Å². The molecule has 10 aromatic rings. The molecule has 0 aliphatic carbocycles. The molecule has 2 aromatic heterocycles. The Morgan fingerprint density at radius 1 is 0.407 bits per heavy atom. The number of pyridine rings is 1. The quantitative estimate of drug-likeness (QED) is 0.121. The number of hydrogen-bond acceptors (Lipinski definition) is 4. The molecule has 0 fully saturated rings. The van der Waals surface area contributed by atoms with E-state index in [1.807, 2.05) is 12.3 Å². The predicted molar refractivity (Wildman–Crippen MR) is 336 cm³/mol. The molecule has 8 aromatic carbocycles. The zero-order chi connectivity index (χ0) is 56.7. The fourth-order valence-electron chi connectivity index (χ4n) is 11.7. The van der Waals surface area contributed by atoms with E-state index in [0.29, 0.717) is 11.5 Å². The first kappa shape index (κ1) is 57.0. The van der Waals surface area contributed by atoms with Gasteiger partial charge in [-0.2, -0.15) is 6.07 Å². The van der Waals surface area contributed by atoms with Crippen LogP contribution < -0.4 is 14.5 Å². The molecule has 0 atom stereocenters. The van der Waals surface area contributed by atoms with Crippen LogP contribution in [0.4, 0.5) is 22.7 Å². The van der Waals surface area contributed by atoms with E-state index in [9.17, 15) is 0 Å². The first-order valence-corrected chi connectivity index (χ1v) is 28.4. The molecular weight excluding hydrogens is 1170 g/mol. The molecule has 1 aliphatic heterocycles. The Balaban J connectivity index is 0.00000736. The summed E-state index contributed by atoms with van der Waals surface area (Å²) in [7, 11) is 0. The van der Waals surface area contributed by atoms with E-state index in [1.165, 1.54) is 44.5 Å². The van der Waals surface area contributed by atoms with Crippen molar-refractivity contribution in [3.8, 4) is 17.3 Å². The zero-order valence-electron chi connectivity index (χ0n) is 50.0. The summed E-state index contributed by atoms with van der Waals surface area (Å²) >= 11 is 0. The van der Waals surface area contributed by atoms with Crippen LogP contribution in [-0.4, -0.2) is 9.55 Å². The Kier molecular flexibility index (Phi) is 14.8. The third-order valence-electron chi connectivity index (χ3n) is 17.1. The number of hydrogen-bond donors (Lipinski definition) is 0. The summed E-state index contributed by atoms with van der Waals surface area (Å²) in [5.74, 6) is 2.06. The Bertz CT molecular complexity index is 3930. The fourth-order valence-corrected chi connectivity index (χ4v) is 11.7. The molecular formula is C75H77N4OPt-3. The molecule has 0 saturated heterocycles. The minimum Gasteiger partial charge on any atom is -0.509 e. The molecule has 0 bridgehead atoms. The molecule has 0 spiro atoms. The van der Waals surface area contributed by atoms with Crippen molar-refractivity contribution >= 4 is 44.6 Å². The van der Waals surface area contributed by atoms with Gasteiger partial charge in [0.15, 0.2) is 0 Å². The maximum Gasteiger partial charge on any atom is 0.135 e. The van der Waals surface area contributed by atoms with Crippen molar-refractivity contribution in [3.05, 3.63) is 257 Å². The summed E-state index contributed by atoms with van der Waals surface area (Å²) < 4.78 is 9.31. The Hall–Kier alpha value is -7.20. The van der Waals surface area contributed by atoms with Crippen LogP contribution in [0.5, 0.6) is 11.5 Å². The third-order valence-corrected chi connectivity index (χ3v) is 17.1. The molecule has 6 heteroatoms. The number of ether oxygens (including phenoxy) is 1. The van der Waals surface area contributed by atoms with Crippen molar-refractivity contribution in [1.29, 1.82) is 0 Å². The van der Waals surface area contributed by atoms with Crippen LogP contribution in [-0.2, 0) is 53.6 Å². The van der Waals surface area contributed by atoms with E-state index in [0.717, 1.165) is 55.9 Å². The Labute approximate surface area is 497 Å². The maximum absolute atomic E-state index is 7.08. The number of rotatable bonds is 11. The number of benzene rings is 8. The van der Waals surface area contributed by atoms with Crippen molar-refractivity contribution in [2.45, 2.75) is 136 Å². The van der Waals surface area contributed by atoms with Crippen LogP contribution in [0.3, 0.4) is 0 Å². The van der Waals surface area contributed by atoms with E-state index in [4.69, 9.17) is 9.72 Å². The van der Waals surface area contributed by atoms with Gasteiger partial charge in [-0.25, -0.2) is 4.98 Å². The average molecular weight is 1250 g/mol. The van der Waals surface area contributed by atoms with Crippen molar-refractivity contribution in [1.82, 2.24) is 9.55 Å². The van der Waals surface area contributed by atoms with Gasteiger partial charge >= 0.3 is 0 Å². The molecule has 11 rings (SSSR count). The molecule has 0 radical (unpaired) electrons. The molecule has 0 N–H and O–H groups in total. The van der Waals surface area contributed by atoms with E-state index in [-0.39, 0.29) is 53.6 Å². The van der Waals surface area contributed by atoms with Gasteiger partial charge in [0.2, 0.25) is 0 Å². The monoisotopic (exact) mass is 1240 g/mol. The van der Waals surface area contributed by atoms with Crippen molar-refractivity contribution in [3.63, 3.8) is 0 Å². The van der Waals surface area contributed by atoms with Gasteiger partial charge in [0.25, 0.3) is 0 Å². The van der Waals surface area contributed by atoms with E-state index in [2.05, 4.69) is 313 Å². The maximum atomic E-state index is 7.08. The van der Waals surface area contributed by atoms with Gasteiger partial charge in [-0.15, -0.1) is 53.6 Å². The first-order valence-electron chi connectivity index (χ1n) is 28.4. The topological polar surface area (TPSA) is 33.5 Å². The number of para-hydroxylation sites is 1. The van der Waals surface area contributed by atoms with Crippen LogP contribution in [0, 0.1) is 18.8 Å².